The molecule has 0 rings (SSSR count). The Bertz CT molecular complexity index is 718. The lowest BCUT2D eigenvalue weighted by Crippen LogP contribution is -2.30. The van der Waals surface area contributed by atoms with Gasteiger partial charge in [-0.3, -0.25) is 14.4 Å². The molecule has 0 N–H and O–H groups in total. The Labute approximate surface area is 277 Å². The Morgan fingerprint density at radius 1 is 0.467 bits per heavy atom. The van der Waals surface area contributed by atoms with Crippen molar-refractivity contribution in [2.75, 3.05) is 13.2 Å². The van der Waals surface area contributed by atoms with Crippen LogP contribution in [0.1, 0.15) is 187 Å². The third-order valence-corrected chi connectivity index (χ3v) is 8.22. The summed E-state index contributed by atoms with van der Waals surface area (Å²) in [4.78, 5) is 37.1. The Kier molecular flexibility index (Phi) is 33.1. The van der Waals surface area contributed by atoms with Crippen molar-refractivity contribution in [3.05, 3.63) is 25.3 Å². The Morgan fingerprint density at radius 2 is 0.778 bits per heavy atom. The lowest BCUT2D eigenvalue weighted by atomic mass is 10.0. The number of hydrogen-bond acceptors (Lipinski definition) is 6. The minimum Gasteiger partial charge on any atom is -0.462 e. The maximum Gasteiger partial charge on any atom is 0.306 e. The number of allylic oxidation sites excluding steroid dienone is 2. The molecule has 6 nitrogen and oxygen atoms in total. The zero-order valence-electron chi connectivity index (χ0n) is 29.3. The third-order valence-electron chi connectivity index (χ3n) is 8.22. The molecule has 1 unspecified atom stereocenters. The van der Waals surface area contributed by atoms with Crippen molar-refractivity contribution >= 4 is 17.9 Å². The average molecular weight is 635 g/mol. The topological polar surface area (TPSA) is 78.9 Å². The molecule has 0 fully saturated rings. The molecule has 0 bridgehead atoms. The zero-order chi connectivity index (χ0) is 33.1. The van der Waals surface area contributed by atoms with Gasteiger partial charge in [-0.2, -0.15) is 0 Å². The summed E-state index contributed by atoms with van der Waals surface area (Å²) < 4.78 is 16.4. The van der Waals surface area contributed by atoms with Crippen LogP contribution >= 0.6 is 0 Å². The maximum absolute atomic E-state index is 12.5. The van der Waals surface area contributed by atoms with Crippen molar-refractivity contribution in [3.63, 3.8) is 0 Å². The smallest absolute Gasteiger partial charge is 0.306 e. The highest BCUT2D eigenvalue weighted by Gasteiger charge is 2.19. The number of hydrogen-bond donors (Lipinski definition) is 0. The van der Waals surface area contributed by atoms with Crippen LogP contribution in [0.15, 0.2) is 25.3 Å². The van der Waals surface area contributed by atoms with Crippen molar-refractivity contribution in [2.24, 2.45) is 0 Å². The van der Waals surface area contributed by atoms with Crippen LogP contribution in [0.3, 0.4) is 0 Å². The van der Waals surface area contributed by atoms with E-state index in [0.717, 1.165) is 96.3 Å². The van der Waals surface area contributed by atoms with Gasteiger partial charge in [-0.15, -0.1) is 13.2 Å². The van der Waals surface area contributed by atoms with Crippen molar-refractivity contribution < 1.29 is 28.6 Å². The van der Waals surface area contributed by atoms with E-state index in [1.807, 2.05) is 12.2 Å². The molecule has 262 valence electrons. The first-order valence-corrected chi connectivity index (χ1v) is 18.8. The van der Waals surface area contributed by atoms with Crippen molar-refractivity contribution in [2.45, 2.75) is 193 Å². The lowest BCUT2D eigenvalue weighted by Gasteiger charge is -2.18. The molecule has 6 heteroatoms. The van der Waals surface area contributed by atoms with Crippen molar-refractivity contribution in [1.82, 2.24) is 0 Å². The summed E-state index contributed by atoms with van der Waals surface area (Å²) in [5.74, 6) is -0.935. The second-order valence-corrected chi connectivity index (χ2v) is 12.7. The van der Waals surface area contributed by atoms with Crippen LogP contribution in [0.5, 0.6) is 0 Å². The van der Waals surface area contributed by atoms with Crippen LogP contribution in [0.4, 0.5) is 0 Å². The standard InChI is InChI=1S/C39H70O6/c1-4-7-10-13-16-17-18-19-20-21-24-26-29-32-38(41)44-35-36(45-39(42)33-30-27-23-15-12-9-6-3)34-43-37(40)31-28-25-22-14-11-8-5-2/h5-6,36H,2-4,7-35H2,1H3. The highest BCUT2D eigenvalue weighted by atomic mass is 16.6. The fraction of sp³-hybridized carbons (Fsp3) is 0.821. The quantitative estimate of drug-likeness (QED) is 0.0299. The summed E-state index contributed by atoms with van der Waals surface area (Å²) in [6, 6.07) is 0. The third kappa shape index (κ3) is 33.1. The Morgan fingerprint density at radius 3 is 1.13 bits per heavy atom. The first-order chi connectivity index (χ1) is 22.0. The molecule has 0 amide bonds. The van der Waals surface area contributed by atoms with E-state index in [2.05, 4.69) is 20.1 Å². The lowest BCUT2D eigenvalue weighted by molar-refractivity contribution is -0.167. The Hall–Kier alpha value is -2.11. The van der Waals surface area contributed by atoms with E-state index in [0.29, 0.717) is 19.3 Å². The molecule has 0 heterocycles. The van der Waals surface area contributed by atoms with Crippen LogP contribution in [-0.2, 0) is 28.6 Å². The predicted octanol–water partition coefficient (Wildman–Crippen LogP) is 11.3. The molecular weight excluding hydrogens is 564 g/mol. The van der Waals surface area contributed by atoms with Crippen molar-refractivity contribution in [1.29, 1.82) is 0 Å². The molecule has 0 aliphatic heterocycles. The minimum absolute atomic E-state index is 0.0822. The molecule has 0 aliphatic rings. The van der Waals surface area contributed by atoms with Crippen LogP contribution in [0.2, 0.25) is 0 Å². The summed E-state index contributed by atoms with van der Waals surface area (Å²) in [6.07, 6.45) is 32.6. The highest BCUT2D eigenvalue weighted by Crippen LogP contribution is 2.14. The van der Waals surface area contributed by atoms with Gasteiger partial charge in [0, 0.05) is 19.3 Å². The molecule has 0 saturated carbocycles. The zero-order valence-corrected chi connectivity index (χ0v) is 29.3. The van der Waals surface area contributed by atoms with Crippen LogP contribution in [-0.4, -0.2) is 37.2 Å². The number of carbonyl (C=O) groups excluding carboxylic acids is 3. The molecule has 0 spiro atoms. The van der Waals surface area contributed by atoms with Gasteiger partial charge in [-0.05, 0) is 44.9 Å². The molecule has 0 aliphatic carbocycles. The van der Waals surface area contributed by atoms with Gasteiger partial charge >= 0.3 is 17.9 Å². The number of rotatable bonds is 35. The second-order valence-electron chi connectivity index (χ2n) is 12.7. The van der Waals surface area contributed by atoms with Gasteiger partial charge in [0.05, 0.1) is 0 Å². The fourth-order valence-electron chi connectivity index (χ4n) is 5.34. The van der Waals surface area contributed by atoms with E-state index in [1.165, 1.54) is 64.2 Å². The molecule has 0 aromatic rings. The molecule has 0 aromatic heterocycles. The summed E-state index contributed by atoms with van der Waals surface area (Å²) in [7, 11) is 0. The monoisotopic (exact) mass is 635 g/mol. The van der Waals surface area contributed by atoms with Gasteiger partial charge in [-0.25, -0.2) is 0 Å². The fourth-order valence-corrected chi connectivity index (χ4v) is 5.34. The van der Waals surface area contributed by atoms with E-state index in [1.54, 1.807) is 0 Å². The van der Waals surface area contributed by atoms with Gasteiger partial charge < -0.3 is 14.2 Å². The van der Waals surface area contributed by atoms with Gasteiger partial charge in [-0.1, -0.05) is 135 Å². The van der Waals surface area contributed by atoms with Crippen LogP contribution in [0, 0.1) is 0 Å². The molecule has 0 saturated heterocycles. The average Bonchev–Trinajstić information content (AvgIpc) is 3.03. The second kappa shape index (κ2) is 34.8. The molecule has 0 radical (unpaired) electrons. The van der Waals surface area contributed by atoms with Crippen molar-refractivity contribution in [3.8, 4) is 0 Å². The normalized spacial score (nSPS) is 11.6. The van der Waals surface area contributed by atoms with Gasteiger partial charge in [0.25, 0.3) is 0 Å². The summed E-state index contributed by atoms with van der Waals surface area (Å²) in [5.41, 5.74) is 0. The number of unbranched alkanes of at least 4 members (excludes halogenated alkanes) is 22. The number of carbonyl (C=O) groups is 3. The first kappa shape index (κ1) is 42.9. The van der Waals surface area contributed by atoms with E-state index in [9.17, 15) is 14.4 Å². The summed E-state index contributed by atoms with van der Waals surface area (Å²) in [6.45, 7) is 9.57. The maximum atomic E-state index is 12.5. The first-order valence-electron chi connectivity index (χ1n) is 18.8. The predicted molar refractivity (Wildman–Crippen MR) is 187 cm³/mol. The molecule has 1 atom stereocenters. The SMILES string of the molecule is C=CCCCCCCCC(=O)OCC(COC(=O)CCCCCCCCCCCCCCC)OC(=O)CCCCCCCC=C. The minimum atomic E-state index is -0.775. The molecule has 45 heavy (non-hydrogen) atoms. The van der Waals surface area contributed by atoms with Crippen LogP contribution in [0.25, 0.3) is 0 Å². The van der Waals surface area contributed by atoms with E-state index in [4.69, 9.17) is 14.2 Å². The van der Waals surface area contributed by atoms with E-state index in [-0.39, 0.29) is 31.1 Å². The molecule has 0 aromatic carbocycles. The largest absolute Gasteiger partial charge is 0.462 e. The van der Waals surface area contributed by atoms with Gasteiger partial charge in [0.1, 0.15) is 13.2 Å². The number of esters is 3. The summed E-state index contributed by atoms with van der Waals surface area (Å²) >= 11 is 0. The van der Waals surface area contributed by atoms with E-state index >= 15 is 0 Å². The number of ether oxygens (including phenoxy) is 3. The molecular formula is C39H70O6. The van der Waals surface area contributed by atoms with E-state index < -0.39 is 6.10 Å². The van der Waals surface area contributed by atoms with Gasteiger partial charge in [0.2, 0.25) is 0 Å². The van der Waals surface area contributed by atoms with Gasteiger partial charge in [0.15, 0.2) is 6.10 Å². The summed E-state index contributed by atoms with van der Waals surface area (Å²) in [5, 5.41) is 0. The van der Waals surface area contributed by atoms with Crippen LogP contribution < -0.4 is 0 Å². The Balaban J connectivity index is 4.26. The highest BCUT2D eigenvalue weighted by molar-refractivity contribution is 5.71.